The average molecular weight is 693 g/mol. The van der Waals surface area contributed by atoms with Crippen molar-refractivity contribution in [2.24, 2.45) is 0 Å². The van der Waals surface area contributed by atoms with Crippen LogP contribution in [0.5, 0.6) is 0 Å². The summed E-state index contributed by atoms with van der Waals surface area (Å²) in [6.07, 6.45) is 7.71. The molecular formula is C32H27Cl2N7O5S. The fourth-order valence-corrected chi connectivity index (χ4v) is 8.22. The summed E-state index contributed by atoms with van der Waals surface area (Å²) in [6.45, 7) is 2.14. The molecule has 7 rings (SSSR count). The van der Waals surface area contributed by atoms with Gasteiger partial charge in [-0.3, -0.25) is 14.2 Å². The van der Waals surface area contributed by atoms with Crippen molar-refractivity contribution in [2.45, 2.75) is 23.9 Å². The number of piperazine rings is 1. The molecule has 2 amide bonds. The molecule has 1 saturated heterocycles. The highest BCUT2D eigenvalue weighted by Gasteiger charge is 2.52. The predicted molar refractivity (Wildman–Crippen MR) is 174 cm³/mol. The first-order valence-corrected chi connectivity index (χ1v) is 16.8. The van der Waals surface area contributed by atoms with Crippen molar-refractivity contribution in [3.8, 4) is 11.1 Å². The number of rotatable bonds is 7. The van der Waals surface area contributed by atoms with Gasteiger partial charge < -0.3 is 9.32 Å². The number of hydrogen-bond donors (Lipinski definition) is 0. The van der Waals surface area contributed by atoms with Gasteiger partial charge in [-0.1, -0.05) is 47.5 Å². The van der Waals surface area contributed by atoms with Crippen molar-refractivity contribution in [1.82, 2.24) is 28.7 Å². The fraction of sp³-hybridized carbons (Fsp3) is 0.219. The number of furan rings is 1. The molecule has 1 fully saturated rings. The van der Waals surface area contributed by atoms with Crippen molar-refractivity contribution in [2.75, 3.05) is 31.1 Å². The third-order valence-corrected chi connectivity index (χ3v) is 10.7. The van der Waals surface area contributed by atoms with Gasteiger partial charge in [-0.2, -0.15) is 4.31 Å². The van der Waals surface area contributed by atoms with Gasteiger partial charge in [0.2, 0.25) is 5.95 Å². The molecular weight excluding hydrogens is 665 g/mol. The van der Waals surface area contributed by atoms with Gasteiger partial charge in [0.15, 0.2) is 10.8 Å². The molecule has 1 atom stereocenters. The SMILES string of the molecule is C[C@@]1(Cc2ccc(-c3cncnc3)cc2)C(=O)N(c2cc(Cl)cc(Cl)c2)c2ncc(S(=O)(=O)N3CCN(C(=O)c4ccco4)CC3)n21. The standard InChI is InChI=1S/C32H27Cl2N7O5S/c1-32(16-21-4-6-22(7-5-21)23-17-35-20-36-18-23)30(43)40(26-14-24(33)13-25(34)15-26)31-37-19-28(41(31)32)47(44,45)39-10-8-38(9-11-39)29(42)27-3-2-12-46-27/h2-7,12-15,17-20H,8-11,16H2,1H3/t32-/m1/s1. The van der Waals surface area contributed by atoms with E-state index in [-0.39, 0.29) is 55.2 Å². The Morgan fingerprint density at radius 3 is 2.26 bits per heavy atom. The summed E-state index contributed by atoms with van der Waals surface area (Å²) in [5.41, 5.74) is 1.47. The Kier molecular flexibility index (Phi) is 7.87. The number of carbonyl (C=O) groups excluding carboxylic acids is 2. The third kappa shape index (κ3) is 5.48. The van der Waals surface area contributed by atoms with Crippen molar-refractivity contribution < 1.29 is 22.4 Å². The second-order valence-corrected chi connectivity index (χ2v) is 14.2. The van der Waals surface area contributed by atoms with Gasteiger partial charge in [0.05, 0.1) is 18.1 Å². The Morgan fingerprint density at radius 2 is 1.62 bits per heavy atom. The van der Waals surface area contributed by atoms with Crippen LogP contribution in [-0.2, 0) is 26.8 Å². The number of nitrogens with zero attached hydrogens (tertiary/aromatic N) is 7. The van der Waals surface area contributed by atoms with E-state index in [1.807, 2.05) is 24.3 Å². The molecule has 12 nitrogen and oxygen atoms in total. The fourth-order valence-electron chi connectivity index (χ4n) is 6.09. The van der Waals surface area contributed by atoms with Crippen LogP contribution < -0.4 is 4.90 Å². The predicted octanol–water partition coefficient (Wildman–Crippen LogP) is 5.02. The molecule has 240 valence electrons. The number of amides is 2. The van der Waals surface area contributed by atoms with Gasteiger partial charge in [-0.25, -0.2) is 28.3 Å². The van der Waals surface area contributed by atoms with E-state index < -0.39 is 21.5 Å². The highest BCUT2D eigenvalue weighted by Crippen LogP contribution is 2.45. The number of fused-ring (bicyclic) bond motifs is 1. The van der Waals surface area contributed by atoms with Gasteiger partial charge in [0.25, 0.3) is 21.8 Å². The first-order valence-electron chi connectivity index (χ1n) is 14.6. The summed E-state index contributed by atoms with van der Waals surface area (Å²) in [5.74, 6) is -0.392. The van der Waals surface area contributed by atoms with E-state index in [0.29, 0.717) is 15.7 Å². The quantitative estimate of drug-likeness (QED) is 0.232. The lowest BCUT2D eigenvalue weighted by Gasteiger charge is -2.34. The second-order valence-electron chi connectivity index (χ2n) is 11.4. The number of carbonyl (C=O) groups is 2. The Morgan fingerprint density at radius 1 is 0.936 bits per heavy atom. The number of benzene rings is 2. The molecule has 0 aliphatic carbocycles. The molecule has 15 heteroatoms. The molecule has 0 radical (unpaired) electrons. The maximum Gasteiger partial charge on any atom is 0.289 e. The Bertz CT molecular complexity index is 2060. The highest BCUT2D eigenvalue weighted by molar-refractivity contribution is 7.89. The Labute approximate surface area is 280 Å². The van der Waals surface area contributed by atoms with Crippen molar-refractivity contribution >= 4 is 56.7 Å². The molecule has 0 N–H and O–H groups in total. The monoisotopic (exact) mass is 691 g/mol. The minimum absolute atomic E-state index is 0.0538. The molecule has 2 aliphatic rings. The zero-order chi connectivity index (χ0) is 32.9. The second kappa shape index (κ2) is 11.9. The first-order chi connectivity index (χ1) is 22.6. The van der Waals surface area contributed by atoms with Crippen LogP contribution >= 0.6 is 23.2 Å². The highest BCUT2D eigenvalue weighted by atomic mass is 35.5. The molecule has 47 heavy (non-hydrogen) atoms. The van der Waals surface area contributed by atoms with Crippen molar-refractivity contribution in [3.63, 3.8) is 0 Å². The average Bonchev–Trinajstić information content (AvgIpc) is 3.80. The molecule has 0 bridgehead atoms. The van der Waals surface area contributed by atoms with E-state index in [0.717, 1.165) is 16.7 Å². The number of aromatic nitrogens is 4. The van der Waals surface area contributed by atoms with Crippen LogP contribution in [0.1, 0.15) is 23.0 Å². The molecule has 0 spiro atoms. The molecule has 3 aromatic heterocycles. The number of halogens is 2. The third-order valence-electron chi connectivity index (χ3n) is 8.43. The van der Waals surface area contributed by atoms with E-state index in [1.54, 1.807) is 54.5 Å². The van der Waals surface area contributed by atoms with Crippen LogP contribution in [0, 0.1) is 0 Å². The molecule has 5 heterocycles. The number of hydrogen-bond acceptors (Lipinski definition) is 8. The first kappa shape index (κ1) is 31.1. The number of sulfonamides is 1. The van der Waals surface area contributed by atoms with E-state index in [4.69, 9.17) is 27.6 Å². The van der Waals surface area contributed by atoms with Gasteiger partial charge in [-0.05, 0) is 48.4 Å². The van der Waals surface area contributed by atoms with E-state index >= 15 is 0 Å². The van der Waals surface area contributed by atoms with E-state index in [2.05, 4.69) is 15.0 Å². The molecule has 5 aromatic rings. The Balaban J connectivity index is 1.25. The van der Waals surface area contributed by atoms with Gasteiger partial charge in [-0.15, -0.1) is 0 Å². The number of imidazole rings is 1. The lowest BCUT2D eigenvalue weighted by atomic mass is 9.91. The van der Waals surface area contributed by atoms with Crippen LogP contribution in [0.2, 0.25) is 10.0 Å². The number of anilines is 2. The maximum atomic E-state index is 14.4. The summed E-state index contributed by atoms with van der Waals surface area (Å²) >= 11 is 12.6. The molecule has 0 unspecified atom stereocenters. The Hall–Kier alpha value is -4.56. The molecule has 2 aromatic carbocycles. The summed E-state index contributed by atoms with van der Waals surface area (Å²) in [7, 11) is -4.17. The summed E-state index contributed by atoms with van der Waals surface area (Å²) in [5, 5.41) is 0.479. The van der Waals surface area contributed by atoms with Gasteiger partial charge in [0.1, 0.15) is 11.9 Å². The van der Waals surface area contributed by atoms with E-state index in [9.17, 15) is 18.0 Å². The van der Waals surface area contributed by atoms with Crippen LogP contribution in [0.15, 0.2) is 95.2 Å². The molecule has 0 saturated carbocycles. The largest absolute Gasteiger partial charge is 0.459 e. The zero-order valence-corrected chi connectivity index (χ0v) is 27.3. The zero-order valence-electron chi connectivity index (χ0n) is 25.0. The lowest BCUT2D eigenvalue weighted by Crippen LogP contribution is -2.51. The topological polar surface area (TPSA) is 135 Å². The smallest absolute Gasteiger partial charge is 0.289 e. The van der Waals surface area contributed by atoms with Gasteiger partial charge in [0, 0.05) is 60.6 Å². The maximum absolute atomic E-state index is 14.4. The summed E-state index contributed by atoms with van der Waals surface area (Å²) < 4.78 is 36.6. The van der Waals surface area contributed by atoms with Crippen LogP contribution in [0.25, 0.3) is 11.1 Å². The minimum atomic E-state index is -4.17. The van der Waals surface area contributed by atoms with E-state index in [1.165, 1.54) is 32.6 Å². The molecule has 2 aliphatic heterocycles. The van der Waals surface area contributed by atoms with Crippen molar-refractivity contribution in [3.05, 3.63) is 107 Å². The normalized spacial score (nSPS) is 18.5. The van der Waals surface area contributed by atoms with Crippen LogP contribution in [0.3, 0.4) is 0 Å². The summed E-state index contributed by atoms with van der Waals surface area (Å²) in [6, 6.07) is 15.5. The van der Waals surface area contributed by atoms with Crippen molar-refractivity contribution in [1.29, 1.82) is 0 Å². The van der Waals surface area contributed by atoms with Gasteiger partial charge >= 0.3 is 0 Å². The van der Waals surface area contributed by atoms with Crippen LogP contribution in [0.4, 0.5) is 11.6 Å². The minimum Gasteiger partial charge on any atom is -0.459 e. The van der Waals surface area contributed by atoms with Crippen LogP contribution in [-0.4, -0.2) is 75.1 Å². The summed E-state index contributed by atoms with van der Waals surface area (Å²) in [4.78, 5) is 42.8. The lowest BCUT2D eigenvalue weighted by molar-refractivity contribution is -0.124.